The van der Waals surface area contributed by atoms with Gasteiger partial charge in [0.1, 0.15) is 17.3 Å². The topological polar surface area (TPSA) is 67.6 Å². The van der Waals surface area contributed by atoms with Gasteiger partial charge < -0.3 is 14.7 Å². The normalized spacial score (nSPS) is 15.4. The second-order valence-electron chi connectivity index (χ2n) is 9.51. The fraction of sp³-hybridized carbons (Fsp3) is 0.429. The minimum Gasteiger partial charge on any atom is -0.457 e. The molecule has 0 spiro atoms. The van der Waals surface area contributed by atoms with E-state index < -0.39 is 5.60 Å². The van der Waals surface area contributed by atoms with Crippen LogP contribution < -0.4 is 4.74 Å². The van der Waals surface area contributed by atoms with E-state index in [1.165, 1.54) is 12.1 Å². The standard InChI is InChI=1S/C28H34FN3O3/c1-3-21(4-2)20-28(34)10-14-31(15-11-28)27(33)18-22-16-24(32-13-5-12-30-32)19-26(17-22)35-25-8-6-23(29)7-9-25/h5-9,12-13,16-17,19,21,34H,3-4,10-11,14-15,18,20H2,1-2H3. The third-order valence-corrected chi connectivity index (χ3v) is 6.99. The van der Waals surface area contributed by atoms with Crippen molar-refractivity contribution in [2.75, 3.05) is 13.1 Å². The van der Waals surface area contributed by atoms with Crippen LogP contribution in [0.15, 0.2) is 60.9 Å². The lowest BCUT2D eigenvalue weighted by molar-refractivity contribution is -0.135. The molecule has 1 aliphatic heterocycles. The fourth-order valence-corrected chi connectivity index (χ4v) is 4.77. The fourth-order valence-electron chi connectivity index (χ4n) is 4.77. The number of likely N-dealkylation sites (tertiary alicyclic amines) is 1. The van der Waals surface area contributed by atoms with E-state index >= 15 is 0 Å². The molecule has 6 nitrogen and oxygen atoms in total. The van der Waals surface area contributed by atoms with Crippen LogP contribution in [0, 0.1) is 11.7 Å². The summed E-state index contributed by atoms with van der Waals surface area (Å²) in [5.74, 6) is 1.27. The number of amides is 1. The van der Waals surface area contributed by atoms with Gasteiger partial charge >= 0.3 is 0 Å². The van der Waals surface area contributed by atoms with Gasteiger partial charge in [0, 0.05) is 31.5 Å². The molecular formula is C28H34FN3O3. The Morgan fingerprint density at radius 1 is 1.11 bits per heavy atom. The Balaban J connectivity index is 1.46. The zero-order chi connectivity index (χ0) is 24.8. The largest absolute Gasteiger partial charge is 0.457 e. The minimum absolute atomic E-state index is 0.0277. The summed E-state index contributed by atoms with van der Waals surface area (Å²) in [5, 5.41) is 15.3. The summed E-state index contributed by atoms with van der Waals surface area (Å²) >= 11 is 0. The van der Waals surface area contributed by atoms with Crippen molar-refractivity contribution in [3.8, 4) is 17.2 Å². The number of aliphatic hydroxyl groups is 1. The average molecular weight is 480 g/mol. The third-order valence-electron chi connectivity index (χ3n) is 6.99. The monoisotopic (exact) mass is 479 g/mol. The number of halogens is 1. The first kappa shape index (κ1) is 24.9. The van der Waals surface area contributed by atoms with Crippen LogP contribution in [0.5, 0.6) is 11.5 Å². The number of carbonyl (C=O) groups is 1. The highest BCUT2D eigenvalue weighted by atomic mass is 19.1. The van der Waals surface area contributed by atoms with Crippen LogP contribution in [0.3, 0.4) is 0 Å². The molecule has 186 valence electrons. The van der Waals surface area contributed by atoms with Crippen molar-refractivity contribution in [1.82, 2.24) is 14.7 Å². The number of hydrogen-bond donors (Lipinski definition) is 1. The molecule has 0 saturated carbocycles. The van der Waals surface area contributed by atoms with Gasteiger partial charge in [-0.15, -0.1) is 0 Å². The Kier molecular flexibility index (Phi) is 7.86. The van der Waals surface area contributed by atoms with Gasteiger partial charge in [-0.1, -0.05) is 26.7 Å². The third kappa shape index (κ3) is 6.48. The summed E-state index contributed by atoms with van der Waals surface area (Å²) in [6.45, 7) is 5.46. The van der Waals surface area contributed by atoms with Crippen molar-refractivity contribution in [3.63, 3.8) is 0 Å². The second-order valence-corrected chi connectivity index (χ2v) is 9.51. The van der Waals surface area contributed by atoms with E-state index in [0.29, 0.717) is 43.3 Å². The SMILES string of the molecule is CCC(CC)CC1(O)CCN(C(=O)Cc2cc(Oc3ccc(F)cc3)cc(-n3cccn3)c2)CC1. The van der Waals surface area contributed by atoms with Crippen LogP contribution in [0.2, 0.25) is 0 Å². The molecule has 0 aliphatic carbocycles. The summed E-state index contributed by atoms with van der Waals surface area (Å²) in [6.07, 6.45) is 7.90. The average Bonchev–Trinajstić information content (AvgIpc) is 3.39. The first-order valence-corrected chi connectivity index (χ1v) is 12.4. The maximum atomic E-state index is 13.3. The first-order chi connectivity index (χ1) is 16.9. The van der Waals surface area contributed by atoms with E-state index in [0.717, 1.165) is 30.5 Å². The van der Waals surface area contributed by atoms with E-state index in [-0.39, 0.29) is 18.1 Å². The zero-order valence-corrected chi connectivity index (χ0v) is 20.5. The molecule has 2 heterocycles. The van der Waals surface area contributed by atoms with Crippen molar-refractivity contribution >= 4 is 5.91 Å². The number of ether oxygens (including phenoxy) is 1. The minimum atomic E-state index is -0.677. The van der Waals surface area contributed by atoms with Gasteiger partial charge in [0.2, 0.25) is 5.91 Å². The Morgan fingerprint density at radius 3 is 2.46 bits per heavy atom. The molecule has 1 aromatic heterocycles. The van der Waals surface area contributed by atoms with Crippen LogP contribution in [-0.2, 0) is 11.2 Å². The maximum absolute atomic E-state index is 13.3. The van der Waals surface area contributed by atoms with Crippen LogP contribution in [0.25, 0.3) is 5.69 Å². The number of rotatable bonds is 9. The number of nitrogens with zero attached hydrogens (tertiary/aromatic N) is 3. The Labute approximate surface area is 206 Å². The molecule has 1 aliphatic rings. The Bertz CT molecular complexity index is 1100. The summed E-state index contributed by atoms with van der Waals surface area (Å²) < 4.78 is 21.0. The lowest BCUT2D eigenvalue weighted by Gasteiger charge is -2.40. The number of hydrogen-bond acceptors (Lipinski definition) is 4. The van der Waals surface area contributed by atoms with Gasteiger partial charge in [-0.3, -0.25) is 4.79 Å². The van der Waals surface area contributed by atoms with Crippen molar-refractivity contribution < 1.29 is 19.0 Å². The van der Waals surface area contributed by atoms with E-state index in [9.17, 15) is 14.3 Å². The highest BCUT2D eigenvalue weighted by Gasteiger charge is 2.35. The second kappa shape index (κ2) is 11.0. The van der Waals surface area contributed by atoms with Crippen LogP contribution >= 0.6 is 0 Å². The summed E-state index contributed by atoms with van der Waals surface area (Å²) in [4.78, 5) is 15.0. The molecule has 0 radical (unpaired) electrons. The molecule has 7 heteroatoms. The van der Waals surface area contributed by atoms with Crippen molar-refractivity contribution in [3.05, 3.63) is 72.3 Å². The number of carbonyl (C=O) groups excluding carboxylic acids is 1. The number of aromatic nitrogens is 2. The molecule has 1 N–H and O–H groups in total. The molecule has 35 heavy (non-hydrogen) atoms. The van der Waals surface area contributed by atoms with Gasteiger partial charge in [0.25, 0.3) is 0 Å². The molecule has 0 unspecified atom stereocenters. The van der Waals surface area contributed by atoms with Crippen molar-refractivity contribution in [1.29, 1.82) is 0 Å². The van der Waals surface area contributed by atoms with Gasteiger partial charge in [0.05, 0.1) is 17.7 Å². The molecular weight excluding hydrogens is 445 g/mol. The molecule has 1 fully saturated rings. The molecule has 1 amide bonds. The van der Waals surface area contributed by atoms with Crippen LogP contribution in [0.1, 0.15) is 51.5 Å². The predicted molar refractivity (Wildman–Crippen MR) is 133 cm³/mol. The highest BCUT2D eigenvalue weighted by Crippen LogP contribution is 2.32. The smallest absolute Gasteiger partial charge is 0.226 e. The molecule has 1 saturated heterocycles. The summed E-state index contributed by atoms with van der Waals surface area (Å²) in [7, 11) is 0. The summed E-state index contributed by atoms with van der Waals surface area (Å²) in [5.41, 5.74) is 0.900. The molecule has 3 aromatic rings. The lowest BCUT2D eigenvalue weighted by Crippen LogP contribution is -2.47. The maximum Gasteiger partial charge on any atom is 0.226 e. The van der Waals surface area contributed by atoms with E-state index in [4.69, 9.17) is 4.74 Å². The van der Waals surface area contributed by atoms with Gasteiger partial charge in [-0.2, -0.15) is 5.10 Å². The van der Waals surface area contributed by atoms with Gasteiger partial charge in [-0.05, 0) is 73.2 Å². The van der Waals surface area contributed by atoms with E-state index in [2.05, 4.69) is 18.9 Å². The van der Waals surface area contributed by atoms with E-state index in [1.807, 2.05) is 35.4 Å². The highest BCUT2D eigenvalue weighted by molar-refractivity contribution is 5.79. The molecule has 4 rings (SSSR count). The number of piperidine rings is 1. The Hall–Kier alpha value is -3.19. The van der Waals surface area contributed by atoms with Crippen molar-refractivity contribution in [2.45, 2.75) is 58.0 Å². The number of benzene rings is 2. The molecule has 2 aromatic carbocycles. The van der Waals surface area contributed by atoms with E-state index in [1.54, 1.807) is 23.0 Å². The predicted octanol–water partition coefficient (Wildman–Crippen LogP) is 5.53. The molecule has 0 bridgehead atoms. The van der Waals surface area contributed by atoms with Crippen LogP contribution in [0.4, 0.5) is 4.39 Å². The molecule has 0 atom stereocenters. The Morgan fingerprint density at radius 2 is 1.83 bits per heavy atom. The summed E-state index contributed by atoms with van der Waals surface area (Å²) in [6, 6.07) is 13.2. The van der Waals surface area contributed by atoms with Crippen LogP contribution in [-0.4, -0.2) is 44.4 Å². The van der Waals surface area contributed by atoms with Crippen molar-refractivity contribution in [2.24, 2.45) is 5.92 Å². The zero-order valence-electron chi connectivity index (χ0n) is 20.5. The van der Waals surface area contributed by atoms with Gasteiger partial charge in [0.15, 0.2) is 0 Å². The first-order valence-electron chi connectivity index (χ1n) is 12.4. The van der Waals surface area contributed by atoms with Gasteiger partial charge in [-0.25, -0.2) is 9.07 Å². The quantitative estimate of drug-likeness (QED) is 0.438. The lowest BCUT2D eigenvalue weighted by atomic mass is 9.81.